The van der Waals surface area contributed by atoms with Crippen molar-refractivity contribution in [3.8, 4) is 17.3 Å². The number of nitrogens with zero attached hydrogens (tertiary/aromatic N) is 4. The summed E-state index contributed by atoms with van der Waals surface area (Å²) in [6, 6.07) is 6.65. The first-order valence-electron chi connectivity index (χ1n) is 9.53. The van der Waals surface area contributed by atoms with Crippen molar-refractivity contribution in [1.82, 2.24) is 20.0 Å². The number of carbonyl (C=O) groups excluding carboxylic acids is 1. The van der Waals surface area contributed by atoms with E-state index in [1.807, 2.05) is 0 Å². The van der Waals surface area contributed by atoms with Crippen LogP contribution in [0.25, 0.3) is 11.4 Å². The standard InChI is InChI=1S/C20H20N4O6S/c25-11-14-1-3-17(21-9-14)19-16(13-30-23-19)12-29-18-4-2-15(10-22-18)20(26)24-5-7-31(27,28)8-6-24/h1-4,9-10,13,25H,5-8,11-12H2. The number of sulfone groups is 1. The second-order valence-electron chi connectivity index (χ2n) is 7.02. The third-order valence-electron chi connectivity index (χ3n) is 4.88. The highest BCUT2D eigenvalue weighted by atomic mass is 32.2. The summed E-state index contributed by atoms with van der Waals surface area (Å²) in [4.78, 5) is 22.5. The normalized spacial score (nSPS) is 15.6. The van der Waals surface area contributed by atoms with Crippen molar-refractivity contribution in [2.24, 2.45) is 0 Å². The van der Waals surface area contributed by atoms with E-state index in [4.69, 9.17) is 14.4 Å². The van der Waals surface area contributed by atoms with Crippen molar-refractivity contribution < 1.29 is 27.6 Å². The minimum Gasteiger partial charge on any atom is -0.473 e. The lowest BCUT2D eigenvalue weighted by Crippen LogP contribution is -2.43. The molecule has 0 unspecified atom stereocenters. The maximum Gasteiger partial charge on any atom is 0.255 e. The first-order chi connectivity index (χ1) is 14.9. The first-order valence-corrected chi connectivity index (χ1v) is 11.4. The highest BCUT2D eigenvalue weighted by molar-refractivity contribution is 7.91. The van der Waals surface area contributed by atoms with Crippen LogP contribution in [0.4, 0.5) is 0 Å². The molecule has 4 rings (SSSR count). The Hall–Kier alpha value is -3.31. The molecule has 1 aliphatic rings. The Morgan fingerprint density at radius 3 is 2.58 bits per heavy atom. The number of amides is 1. The van der Waals surface area contributed by atoms with Gasteiger partial charge in [-0.3, -0.25) is 9.78 Å². The molecule has 1 amide bonds. The number of aliphatic hydroxyl groups is 1. The Balaban J connectivity index is 1.38. The average molecular weight is 444 g/mol. The molecule has 162 valence electrons. The van der Waals surface area contributed by atoms with Gasteiger partial charge in [0.1, 0.15) is 18.6 Å². The lowest BCUT2D eigenvalue weighted by Gasteiger charge is -2.26. The fourth-order valence-corrected chi connectivity index (χ4v) is 4.27. The SMILES string of the molecule is O=C(c1ccc(OCc2conc2-c2ccc(CO)cn2)nc1)N1CCS(=O)(=O)CC1. The van der Waals surface area contributed by atoms with Gasteiger partial charge in [-0.2, -0.15) is 0 Å². The van der Waals surface area contributed by atoms with E-state index in [9.17, 15) is 13.2 Å². The van der Waals surface area contributed by atoms with Gasteiger partial charge in [-0.05, 0) is 17.7 Å². The van der Waals surface area contributed by atoms with E-state index in [0.717, 1.165) is 0 Å². The molecule has 0 saturated carbocycles. The maximum atomic E-state index is 12.5. The van der Waals surface area contributed by atoms with Gasteiger partial charge in [-0.25, -0.2) is 13.4 Å². The molecule has 0 aromatic carbocycles. The van der Waals surface area contributed by atoms with Crippen LogP contribution < -0.4 is 4.74 Å². The van der Waals surface area contributed by atoms with Gasteiger partial charge in [0.05, 0.1) is 34.9 Å². The predicted octanol–water partition coefficient (Wildman–Crippen LogP) is 1.07. The van der Waals surface area contributed by atoms with Crippen molar-refractivity contribution in [3.63, 3.8) is 0 Å². The molecular formula is C20H20N4O6S. The molecule has 11 heteroatoms. The summed E-state index contributed by atoms with van der Waals surface area (Å²) in [6.45, 7) is 0.404. The van der Waals surface area contributed by atoms with Crippen LogP contribution in [-0.4, -0.2) is 64.1 Å². The molecule has 31 heavy (non-hydrogen) atoms. The van der Waals surface area contributed by atoms with Gasteiger partial charge >= 0.3 is 0 Å². The number of carbonyl (C=O) groups is 1. The minimum atomic E-state index is -3.05. The molecule has 3 aromatic rings. The highest BCUT2D eigenvalue weighted by Gasteiger charge is 2.25. The van der Waals surface area contributed by atoms with Gasteiger partial charge in [0.25, 0.3) is 5.91 Å². The Kier molecular flexibility index (Phi) is 5.96. The van der Waals surface area contributed by atoms with Gasteiger partial charge in [0, 0.05) is 31.5 Å². The lowest BCUT2D eigenvalue weighted by molar-refractivity contribution is 0.0769. The Labute approximate surface area is 178 Å². The lowest BCUT2D eigenvalue weighted by atomic mass is 10.1. The Morgan fingerprint density at radius 1 is 1.13 bits per heavy atom. The third-order valence-corrected chi connectivity index (χ3v) is 6.49. The molecule has 1 saturated heterocycles. The fraction of sp³-hybridized carbons (Fsp3) is 0.300. The number of aromatic nitrogens is 3. The maximum absolute atomic E-state index is 12.5. The summed E-state index contributed by atoms with van der Waals surface area (Å²) < 4.78 is 33.8. The quantitative estimate of drug-likeness (QED) is 0.592. The molecular weight excluding hydrogens is 424 g/mol. The summed E-state index contributed by atoms with van der Waals surface area (Å²) in [6.07, 6.45) is 4.42. The van der Waals surface area contributed by atoms with Crippen molar-refractivity contribution in [3.05, 3.63) is 59.6 Å². The zero-order chi connectivity index (χ0) is 21.8. The molecule has 0 aliphatic carbocycles. The number of hydrogen-bond acceptors (Lipinski definition) is 9. The Bertz CT molecular complexity index is 1150. The summed E-state index contributed by atoms with van der Waals surface area (Å²) in [7, 11) is -3.05. The van der Waals surface area contributed by atoms with Crippen LogP contribution in [-0.2, 0) is 23.1 Å². The van der Waals surface area contributed by atoms with Crippen LogP contribution in [0, 0.1) is 0 Å². The smallest absolute Gasteiger partial charge is 0.255 e. The fourth-order valence-electron chi connectivity index (χ4n) is 3.07. The molecule has 1 N–H and O–H groups in total. The molecule has 1 fully saturated rings. The number of aliphatic hydroxyl groups excluding tert-OH is 1. The third kappa shape index (κ3) is 4.89. The van der Waals surface area contributed by atoms with Crippen LogP contribution in [0.15, 0.2) is 47.4 Å². The molecule has 1 aliphatic heterocycles. The summed E-state index contributed by atoms with van der Waals surface area (Å²) in [5.74, 6) is 0.0130. The number of ether oxygens (including phenoxy) is 1. The molecule has 4 heterocycles. The van der Waals surface area contributed by atoms with E-state index in [-0.39, 0.29) is 43.7 Å². The number of rotatable bonds is 6. The van der Waals surface area contributed by atoms with Crippen LogP contribution >= 0.6 is 0 Å². The zero-order valence-corrected chi connectivity index (χ0v) is 17.3. The van der Waals surface area contributed by atoms with Gasteiger partial charge in [0.15, 0.2) is 9.84 Å². The predicted molar refractivity (Wildman–Crippen MR) is 109 cm³/mol. The largest absolute Gasteiger partial charge is 0.473 e. The average Bonchev–Trinajstić information content (AvgIpc) is 3.26. The molecule has 0 atom stereocenters. The summed E-state index contributed by atoms with van der Waals surface area (Å²) >= 11 is 0. The van der Waals surface area contributed by atoms with E-state index in [1.54, 1.807) is 30.5 Å². The number of hydrogen-bond donors (Lipinski definition) is 1. The minimum absolute atomic E-state index is 0.0218. The Morgan fingerprint density at radius 2 is 1.94 bits per heavy atom. The van der Waals surface area contributed by atoms with Crippen LogP contribution in [0.1, 0.15) is 21.5 Å². The van der Waals surface area contributed by atoms with Gasteiger partial charge < -0.3 is 19.3 Å². The first kappa shape index (κ1) is 20.9. The van der Waals surface area contributed by atoms with Crippen molar-refractivity contribution >= 4 is 15.7 Å². The second kappa shape index (κ2) is 8.82. The van der Waals surface area contributed by atoms with Crippen LogP contribution in [0.2, 0.25) is 0 Å². The van der Waals surface area contributed by atoms with E-state index in [0.29, 0.717) is 34.0 Å². The van der Waals surface area contributed by atoms with Gasteiger partial charge in [0.2, 0.25) is 5.88 Å². The van der Waals surface area contributed by atoms with Crippen LogP contribution in [0.3, 0.4) is 0 Å². The van der Waals surface area contributed by atoms with Crippen molar-refractivity contribution in [1.29, 1.82) is 0 Å². The molecule has 10 nitrogen and oxygen atoms in total. The van der Waals surface area contributed by atoms with Crippen LogP contribution in [0.5, 0.6) is 5.88 Å². The summed E-state index contributed by atoms with van der Waals surface area (Å²) in [5.41, 5.74) is 2.83. The van der Waals surface area contributed by atoms with E-state index in [2.05, 4.69) is 15.1 Å². The molecule has 0 spiro atoms. The van der Waals surface area contributed by atoms with Crippen molar-refractivity contribution in [2.75, 3.05) is 24.6 Å². The van der Waals surface area contributed by atoms with Crippen molar-refractivity contribution in [2.45, 2.75) is 13.2 Å². The topological polar surface area (TPSA) is 136 Å². The summed E-state index contributed by atoms with van der Waals surface area (Å²) in [5, 5.41) is 13.1. The second-order valence-corrected chi connectivity index (χ2v) is 9.32. The monoisotopic (exact) mass is 444 g/mol. The molecule has 0 radical (unpaired) electrons. The number of pyridine rings is 2. The van der Waals surface area contributed by atoms with Gasteiger partial charge in [-0.1, -0.05) is 11.2 Å². The molecule has 0 bridgehead atoms. The highest BCUT2D eigenvalue weighted by Crippen LogP contribution is 2.22. The zero-order valence-electron chi connectivity index (χ0n) is 16.5. The molecule has 3 aromatic heterocycles. The van der Waals surface area contributed by atoms with Gasteiger partial charge in [-0.15, -0.1) is 0 Å². The van der Waals surface area contributed by atoms with E-state index < -0.39 is 9.84 Å². The van der Waals surface area contributed by atoms with E-state index >= 15 is 0 Å². The van der Waals surface area contributed by atoms with E-state index in [1.165, 1.54) is 17.4 Å².